The molecule has 0 saturated carbocycles. The second-order valence-corrected chi connectivity index (χ2v) is 4.37. The third kappa shape index (κ3) is 1.49. The van der Waals surface area contributed by atoms with Crippen molar-refractivity contribution in [2.45, 2.75) is 11.5 Å². The van der Waals surface area contributed by atoms with Crippen LogP contribution < -0.4 is 4.74 Å². The molecule has 0 aliphatic carbocycles. The molecule has 74 valence electrons. The molecule has 1 N–H and O–H groups in total. The minimum atomic E-state index is 0.0439. The lowest BCUT2D eigenvalue weighted by Crippen LogP contribution is -1.87. The van der Waals surface area contributed by atoms with Gasteiger partial charge in [0.05, 0.1) is 13.7 Å². The van der Waals surface area contributed by atoms with Crippen LogP contribution in [0.5, 0.6) is 5.75 Å². The van der Waals surface area contributed by atoms with Crippen molar-refractivity contribution in [2.75, 3.05) is 7.11 Å². The summed E-state index contributed by atoms with van der Waals surface area (Å²) in [5.41, 5.74) is 0.912. The molecule has 0 aliphatic rings. The van der Waals surface area contributed by atoms with Gasteiger partial charge in [-0.3, -0.25) is 0 Å². The SMILES string of the molecule is COc1cc(S)cc2scc(CO)c12. The normalized spacial score (nSPS) is 10.8. The van der Waals surface area contributed by atoms with Crippen molar-refractivity contribution in [1.82, 2.24) is 0 Å². The van der Waals surface area contributed by atoms with Gasteiger partial charge in [-0.05, 0) is 23.1 Å². The van der Waals surface area contributed by atoms with Crippen molar-refractivity contribution in [1.29, 1.82) is 0 Å². The van der Waals surface area contributed by atoms with Crippen molar-refractivity contribution in [3.05, 3.63) is 23.1 Å². The maximum atomic E-state index is 9.15. The quantitative estimate of drug-likeness (QED) is 0.771. The predicted molar refractivity (Wildman–Crippen MR) is 61.6 cm³/mol. The van der Waals surface area contributed by atoms with E-state index in [4.69, 9.17) is 9.84 Å². The Kier molecular flexibility index (Phi) is 2.67. The second-order valence-electron chi connectivity index (χ2n) is 2.94. The smallest absolute Gasteiger partial charge is 0.129 e. The van der Waals surface area contributed by atoms with Gasteiger partial charge in [0.15, 0.2) is 0 Å². The molecule has 0 spiro atoms. The summed E-state index contributed by atoms with van der Waals surface area (Å²) in [5.74, 6) is 0.776. The van der Waals surface area contributed by atoms with Gasteiger partial charge in [0.1, 0.15) is 5.75 Å². The Hall–Kier alpha value is -0.710. The maximum absolute atomic E-state index is 9.15. The van der Waals surface area contributed by atoms with E-state index >= 15 is 0 Å². The van der Waals surface area contributed by atoms with Crippen molar-refractivity contribution >= 4 is 34.1 Å². The highest BCUT2D eigenvalue weighted by atomic mass is 32.1. The fraction of sp³-hybridized carbons (Fsp3) is 0.200. The van der Waals surface area contributed by atoms with E-state index in [0.29, 0.717) is 0 Å². The van der Waals surface area contributed by atoms with Crippen LogP contribution >= 0.6 is 24.0 Å². The predicted octanol–water partition coefficient (Wildman–Crippen LogP) is 2.69. The molecule has 14 heavy (non-hydrogen) atoms. The van der Waals surface area contributed by atoms with Crippen LogP contribution in [0, 0.1) is 0 Å². The highest BCUT2D eigenvalue weighted by Crippen LogP contribution is 2.36. The number of fused-ring (bicyclic) bond motifs is 1. The summed E-state index contributed by atoms with van der Waals surface area (Å²) in [6.45, 7) is 0.0439. The molecule has 0 bridgehead atoms. The lowest BCUT2D eigenvalue weighted by molar-refractivity contribution is 0.283. The topological polar surface area (TPSA) is 29.5 Å². The van der Waals surface area contributed by atoms with E-state index in [-0.39, 0.29) is 6.61 Å². The Labute approximate surface area is 91.5 Å². The van der Waals surface area contributed by atoms with E-state index in [1.165, 1.54) is 0 Å². The molecule has 0 unspecified atom stereocenters. The first kappa shape index (κ1) is 9.83. The number of hydrogen-bond acceptors (Lipinski definition) is 4. The molecule has 0 amide bonds. The van der Waals surface area contributed by atoms with E-state index in [1.807, 2.05) is 17.5 Å². The van der Waals surface area contributed by atoms with Gasteiger partial charge >= 0.3 is 0 Å². The van der Waals surface area contributed by atoms with Crippen molar-refractivity contribution in [3.63, 3.8) is 0 Å². The fourth-order valence-corrected chi connectivity index (χ4v) is 2.80. The fourth-order valence-electron chi connectivity index (χ4n) is 1.46. The van der Waals surface area contributed by atoms with Crippen LogP contribution in [0.2, 0.25) is 0 Å². The standard InChI is InChI=1S/C10H10O2S2/c1-12-8-2-7(13)3-9-10(8)6(4-11)5-14-9/h2-3,5,11,13H,4H2,1H3. The Morgan fingerprint density at radius 2 is 2.29 bits per heavy atom. The largest absolute Gasteiger partial charge is 0.496 e. The highest BCUT2D eigenvalue weighted by Gasteiger charge is 2.09. The summed E-state index contributed by atoms with van der Waals surface area (Å²) in [6, 6.07) is 3.84. The summed E-state index contributed by atoms with van der Waals surface area (Å²) in [6.07, 6.45) is 0. The molecular formula is C10H10O2S2. The number of rotatable bonds is 2. The minimum absolute atomic E-state index is 0.0439. The minimum Gasteiger partial charge on any atom is -0.496 e. The van der Waals surface area contributed by atoms with Crippen LogP contribution in [-0.4, -0.2) is 12.2 Å². The van der Waals surface area contributed by atoms with Crippen LogP contribution in [0.3, 0.4) is 0 Å². The molecule has 1 heterocycles. The molecule has 2 rings (SSSR count). The number of aliphatic hydroxyl groups excluding tert-OH is 1. The van der Waals surface area contributed by atoms with E-state index in [2.05, 4.69) is 12.6 Å². The first-order chi connectivity index (χ1) is 6.76. The zero-order chi connectivity index (χ0) is 10.1. The van der Waals surface area contributed by atoms with Gasteiger partial charge in [-0.1, -0.05) is 0 Å². The molecule has 2 aromatic rings. The molecule has 1 aromatic heterocycles. The van der Waals surface area contributed by atoms with Crippen LogP contribution in [0.15, 0.2) is 22.4 Å². The van der Waals surface area contributed by atoms with Crippen molar-refractivity contribution in [3.8, 4) is 5.75 Å². The van der Waals surface area contributed by atoms with Crippen LogP contribution in [0.4, 0.5) is 0 Å². The molecular weight excluding hydrogens is 216 g/mol. The third-order valence-electron chi connectivity index (χ3n) is 2.09. The molecule has 0 saturated heterocycles. The summed E-state index contributed by atoms with van der Waals surface area (Å²) in [4.78, 5) is 0.876. The maximum Gasteiger partial charge on any atom is 0.129 e. The molecule has 0 fully saturated rings. The Balaban J connectivity index is 2.78. The van der Waals surface area contributed by atoms with E-state index < -0.39 is 0 Å². The summed E-state index contributed by atoms with van der Waals surface area (Å²) >= 11 is 5.88. The average molecular weight is 226 g/mol. The number of hydrogen-bond donors (Lipinski definition) is 2. The van der Waals surface area contributed by atoms with Crippen LogP contribution in [-0.2, 0) is 6.61 Å². The molecule has 0 atom stereocenters. The lowest BCUT2D eigenvalue weighted by atomic mass is 10.1. The average Bonchev–Trinajstić information content (AvgIpc) is 2.59. The Morgan fingerprint density at radius 1 is 1.50 bits per heavy atom. The third-order valence-corrected chi connectivity index (χ3v) is 3.33. The summed E-state index contributed by atoms with van der Waals surface area (Å²) in [7, 11) is 1.63. The van der Waals surface area contributed by atoms with Gasteiger partial charge in [-0.15, -0.1) is 24.0 Å². The van der Waals surface area contributed by atoms with Gasteiger partial charge in [0.25, 0.3) is 0 Å². The molecule has 1 aromatic carbocycles. The number of aliphatic hydroxyl groups is 1. The number of ether oxygens (including phenoxy) is 1. The Bertz CT molecular complexity index is 462. The first-order valence-corrected chi connectivity index (χ1v) is 5.47. The van der Waals surface area contributed by atoms with Gasteiger partial charge in [-0.25, -0.2) is 0 Å². The number of thiophene rings is 1. The molecule has 2 nitrogen and oxygen atoms in total. The molecule has 0 aliphatic heterocycles. The second kappa shape index (κ2) is 3.81. The zero-order valence-electron chi connectivity index (χ0n) is 7.65. The van der Waals surface area contributed by atoms with E-state index in [9.17, 15) is 0 Å². The summed E-state index contributed by atoms with van der Waals surface area (Å²) in [5, 5.41) is 12.1. The number of methoxy groups -OCH3 is 1. The van der Waals surface area contributed by atoms with Crippen molar-refractivity contribution in [2.24, 2.45) is 0 Å². The lowest BCUT2D eigenvalue weighted by Gasteiger charge is -2.04. The van der Waals surface area contributed by atoms with Crippen molar-refractivity contribution < 1.29 is 9.84 Å². The molecule has 4 heteroatoms. The molecule has 0 radical (unpaired) electrons. The van der Waals surface area contributed by atoms with E-state index in [1.54, 1.807) is 18.4 Å². The van der Waals surface area contributed by atoms with Gasteiger partial charge in [0, 0.05) is 15.0 Å². The van der Waals surface area contributed by atoms with Crippen LogP contribution in [0.1, 0.15) is 5.56 Å². The van der Waals surface area contributed by atoms with Gasteiger partial charge < -0.3 is 9.84 Å². The van der Waals surface area contributed by atoms with Gasteiger partial charge in [0.2, 0.25) is 0 Å². The number of thiol groups is 1. The summed E-state index contributed by atoms with van der Waals surface area (Å²) < 4.78 is 6.35. The van der Waals surface area contributed by atoms with Gasteiger partial charge in [-0.2, -0.15) is 0 Å². The monoisotopic (exact) mass is 226 g/mol. The zero-order valence-corrected chi connectivity index (χ0v) is 9.36. The number of benzene rings is 1. The van der Waals surface area contributed by atoms with Crippen LogP contribution in [0.25, 0.3) is 10.1 Å². The van der Waals surface area contributed by atoms with E-state index in [0.717, 1.165) is 26.3 Å². The Morgan fingerprint density at radius 3 is 2.93 bits per heavy atom. The first-order valence-electron chi connectivity index (χ1n) is 4.14. The highest BCUT2D eigenvalue weighted by molar-refractivity contribution is 7.80.